The molecule has 2 rings (SSSR count). The molecular weight excluding hydrogens is 212 g/mol. The highest BCUT2D eigenvalue weighted by Crippen LogP contribution is 2.17. The van der Waals surface area contributed by atoms with Crippen LogP contribution in [0, 0.1) is 0 Å². The molecule has 1 aliphatic rings. The monoisotopic (exact) mass is 232 g/mol. The third-order valence-electron chi connectivity index (χ3n) is 3.29. The van der Waals surface area contributed by atoms with Gasteiger partial charge in [0.15, 0.2) is 0 Å². The van der Waals surface area contributed by atoms with Crippen LogP contribution < -0.4 is 5.32 Å². The molecule has 1 aromatic heterocycles. The third kappa shape index (κ3) is 4.17. The molecule has 0 aromatic carbocycles. The van der Waals surface area contributed by atoms with Crippen molar-refractivity contribution in [1.29, 1.82) is 0 Å². The smallest absolute Gasteiger partial charge is 0.226 e. The summed E-state index contributed by atoms with van der Waals surface area (Å²) in [6, 6.07) is 6.06. The van der Waals surface area contributed by atoms with Crippen LogP contribution in [0.25, 0.3) is 0 Å². The van der Waals surface area contributed by atoms with E-state index in [1.54, 1.807) is 6.20 Å². The molecule has 0 spiro atoms. The van der Waals surface area contributed by atoms with Gasteiger partial charge in [0, 0.05) is 17.9 Å². The van der Waals surface area contributed by atoms with Gasteiger partial charge in [-0.15, -0.1) is 0 Å². The van der Waals surface area contributed by atoms with E-state index in [-0.39, 0.29) is 5.91 Å². The average molecular weight is 232 g/mol. The summed E-state index contributed by atoms with van der Waals surface area (Å²) in [5.74, 6) is 0.107. The second-order valence-corrected chi connectivity index (χ2v) is 4.75. The fourth-order valence-corrected chi connectivity index (χ4v) is 2.37. The quantitative estimate of drug-likeness (QED) is 0.813. The summed E-state index contributed by atoms with van der Waals surface area (Å²) in [4.78, 5) is 16.0. The van der Waals surface area contributed by atoms with E-state index in [2.05, 4.69) is 10.3 Å². The predicted molar refractivity (Wildman–Crippen MR) is 67.6 cm³/mol. The molecule has 1 fully saturated rings. The Hall–Kier alpha value is -1.38. The standard InChI is InChI=1S/C14H20N2O/c17-14(11-13-9-5-6-10-15-13)16-12-7-3-1-2-4-8-12/h5-6,9-10,12H,1-4,7-8,11H2,(H,16,17). The summed E-state index contributed by atoms with van der Waals surface area (Å²) in [5, 5.41) is 3.13. The van der Waals surface area contributed by atoms with Crippen LogP contribution in [0.2, 0.25) is 0 Å². The number of carbonyl (C=O) groups is 1. The minimum atomic E-state index is 0.107. The molecule has 1 heterocycles. The highest BCUT2D eigenvalue weighted by Gasteiger charge is 2.14. The van der Waals surface area contributed by atoms with Crippen molar-refractivity contribution in [3.8, 4) is 0 Å². The van der Waals surface area contributed by atoms with Crippen molar-refractivity contribution < 1.29 is 4.79 Å². The van der Waals surface area contributed by atoms with Gasteiger partial charge in [0.25, 0.3) is 0 Å². The maximum Gasteiger partial charge on any atom is 0.226 e. The van der Waals surface area contributed by atoms with E-state index in [1.807, 2.05) is 18.2 Å². The molecule has 1 saturated carbocycles. The topological polar surface area (TPSA) is 42.0 Å². The average Bonchev–Trinajstić information content (AvgIpc) is 2.59. The van der Waals surface area contributed by atoms with Gasteiger partial charge in [-0.1, -0.05) is 31.7 Å². The second kappa shape index (κ2) is 6.38. The van der Waals surface area contributed by atoms with Gasteiger partial charge in [-0.25, -0.2) is 0 Å². The molecule has 1 aromatic rings. The van der Waals surface area contributed by atoms with E-state index in [1.165, 1.54) is 25.7 Å². The van der Waals surface area contributed by atoms with Gasteiger partial charge in [-0.05, 0) is 25.0 Å². The van der Waals surface area contributed by atoms with Crippen molar-refractivity contribution in [3.05, 3.63) is 30.1 Å². The van der Waals surface area contributed by atoms with E-state index in [0.717, 1.165) is 18.5 Å². The van der Waals surface area contributed by atoms with Gasteiger partial charge < -0.3 is 5.32 Å². The normalized spacial score (nSPS) is 17.4. The summed E-state index contributed by atoms with van der Waals surface area (Å²) in [6.45, 7) is 0. The van der Waals surface area contributed by atoms with Crippen molar-refractivity contribution in [2.45, 2.75) is 51.0 Å². The first kappa shape index (κ1) is 12.1. The SMILES string of the molecule is O=C(Cc1ccccn1)NC1CCCCCC1. The molecule has 0 atom stereocenters. The van der Waals surface area contributed by atoms with Crippen LogP contribution in [0.15, 0.2) is 24.4 Å². The Bertz CT molecular complexity index is 342. The predicted octanol–water partition coefficient (Wildman–Crippen LogP) is 2.46. The zero-order valence-corrected chi connectivity index (χ0v) is 10.2. The van der Waals surface area contributed by atoms with Crippen LogP contribution in [-0.4, -0.2) is 16.9 Å². The van der Waals surface area contributed by atoms with Gasteiger partial charge in [0.2, 0.25) is 5.91 Å². The van der Waals surface area contributed by atoms with Crippen LogP contribution >= 0.6 is 0 Å². The highest BCUT2D eigenvalue weighted by atomic mass is 16.1. The Morgan fingerprint density at radius 1 is 1.24 bits per heavy atom. The van der Waals surface area contributed by atoms with Crippen molar-refractivity contribution in [3.63, 3.8) is 0 Å². The number of amides is 1. The Morgan fingerprint density at radius 3 is 2.65 bits per heavy atom. The molecule has 3 nitrogen and oxygen atoms in total. The van der Waals surface area contributed by atoms with Crippen LogP contribution in [0.3, 0.4) is 0 Å². The molecule has 0 radical (unpaired) electrons. The maximum atomic E-state index is 11.8. The maximum absolute atomic E-state index is 11.8. The number of aromatic nitrogens is 1. The number of rotatable bonds is 3. The lowest BCUT2D eigenvalue weighted by Gasteiger charge is -2.15. The third-order valence-corrected chi connectivity index (χ3v) is 3.29. The lowest BCUT2D eigenvalue weighted by atomic mass is 10.1. The van der Waals surface area contributed by atoms with Gasteiger partial charge in [0.05, 0.1) is 6.42 Å². The van der Waals surface area contributed by atoms with Crippen molar-refractivity contribution in [2.24, 2.45) is 0 Å². The molecule has 1 aliphatic carbocycles. The van der Waals surface area contributed by atoms with Crippen molar-refractivity contribution in [1.82, 2.24) is 10.3 Å². The summed E-state index contributed by atoms with van der Waals surface area (Å²) in [6.07, 6.45) is 9.51. The molecule has 17 heavy (non-hydrogen) atoms. The molecule has 1 N–H and O–H groups in total. The van der Waals surface area contributed by atoms with Crippen LogP contribution in [-0.2, 0) is 11.2 Å². The van der Waals surface area contributed by atoms with Gasteiger partial charge in [-0.2, -0.15) is 0 Å². The summed E-state index contributed by atoms with van der Waals surface area (Å²) >= 11 is 0. The zero-order chi connectivity index (χ0) is 11.9. The van der Waals surface area contributed by atoms with Crippen LogP contribution in [0.5, 0.6) is 0 Å². The number of nitrogens with zero attached hydrogens (tertiary/aromatic N) is 1. The fraction of sp³-hybridized carbons (Fsp3) is 0.571. The van der Waals surface area contributed by atoms with E-state index in [0.29, 0.717) is 12.5 Å². The first-order chi connectivity index (χ1) is 8.34. The fourth-order valence-electron chi connectivity index (χ4n) is 2.37. The Morgan fingerprint density at radius 2 is 2.00 bits per heavy atom. The largest absolute Gasteiger partial charge is 0.353 e. The molecule has 3 heteroatoms. The van der Waals surface area contributed by atoms with E-state index >= 15 is 0 Å². The number of carbonyl (C=O) groups excluding carboxylic acids is 1. The highest BCUT2D eigenvalue weighted by molar-refractivity contribution is 5.78. The zero-order valence-electron chi connectivity index (χ0n) is 10.2. The van der Waals surface area contributed by atoms with Gasteiger partial charge >= 0.3 is 0 Å². The van der Waals surface area contributed by atoms with Gasteiger partial charge in [-0.3, -0.25) is 9.78 Å². The number of nitrogens with one attached hydrogen (secondary N) is 1. The van der Waals surface area contributed by atoms with Crippen LogP contribution in [0.4, 0.5) is 0 Å². The summed E-state index contributed by atoms with van der Waals surface area (Å²) in [5.41, 5.74) is 0.846. The first-order valence-corrected chi connectivity index (χ1v) is 6.54. The van der Waals surface area contributed by atoms with Crippen molar-refractivity contribution >= 4 is 5.91 Å². The van der Waals surface area contributed by atoms with E-state index in [9.17, 15) is 4.79 Å². The number of hydrogen-bond donors (Lipinski definition) is 1. The molecule has 0 aliphatic heterocycles. The lowest BCUT2D eigenvalue weighted by Crippen LogP contribution is -2.35. The molecule has 92 valence electrons. The molecule has 0 unspecified atom stereocenters. The molecule has 1 amide bonds. The molecule has 0 bridgehead atoms. The Labute approximate surface area is 103 Å². The lowest BCUT2D eigenvalue weighted by molar-refractivity contribution is -0.121. The Kier molecular flexibility index (Phi) is 4.54. The summed E-state index contributed by atoms with van der Waals surface area (Å²) in [7, 11) is 0. The van der Waals surface area contributed by atoms with E-state index in [4.69, 9.17) is 0 Å². The van der Waals surface area contributed by atoms with Crippen LogP contribution in [0.1, 0.15) is 44.2 Å². The van der Waals surface area contributed by atoms with Gasteiger partial charge in [0.1, 0.15) is 0 Å². The number of pyridine rings is 1. The van der Waals surface area contributed by atoms with Crippen molar-refractivity contribution in [2.75, 3.05) is 0 Å². The first-order valence-electron chi connectivity index (χ1n) is 6.54. The molecular formula is C14H20N2O. The minimum Gasteiger partial charge on any atom is -0.353 e. The second-order valence-electron chi connectivity index (χ2n) is 4.75. The molecule has 0 saturated heterocycles. The number of hydrogen-bond acceptors (Lipinski definition) is 2. The Balaban J connectivity index is 1.80. The summed E-state index contributed by atoms with van der Waals surface area (Å²) < 4.78 is 0. The van der Waals surface area contributed by atoms with E-state index < -0.39 is 0 Å². The minimum absolute atomic E-state index is 0.107.